The number of hydrogen-bond donors (Lipinski definition) is 2. The van der Waals surface area contributed by atoms with Crippen LogP contribution in [-0.4, -0.2) is 10.1 Å². The third-order valence-electron chi connectivity index (χ3n) is 2.82. The minimum atomic E-state index is 0.190. The third kappa shape index (κ3) is 4.34. The zero-order chi connectivity index (χ0) is 13.5. The second kappa shape index (κ2) is 6.85. The molecular weight excluding hydrogens is 254 g/mol. The van der Waals surface area contributed by atoms with E-state index in [4.69, 9.17) is 12.2 Å². The Morgan fingerprint density at radius 2 is 2.00 bits per heavy atom. The Kier molecular flexibility index (Phi) is 4.86. The number of benzene rings is 1. The van der Waals surface area contributed by atoms with Crippen LogP contribution < -0.4 is 10.6 Å². The van der Waals surface area contributed by atoms with E-state index >= 15 is 0 Å². The van der Waals surface area contributed by atoms with E-state index in [9.17, 15) is 0 Å². The summed E-state index contributed by atoms with van der Waals surface area (Å²) in [7, 11) is 0. The van der Waals surface area contributed by atoms with E-state index in [-0.39, 0.29) is 6.04 Å². The summed E-state index contributed by atoms with van der Waals surface area (Å²) in [5.41, 5.74) is 2.33. The molecule has 19 heavy (non-hydrogen) atoms. The summed E-state index contributed by atoms with van der Waals surface area (Å²) in [5, 5.41) is 7.10. The number of thiocarbonyl (C=S) groups is 1. The number of pyridine rings is 1. The van der Waals surface area contributed by atoms with Gasteiger partial charge in [0.05, 0.1) is 6.04 Å². The second-order valence-electron chi connectivity index (χ2n) is 4.32. The highest BCUT2D eigenvalue weighted by Crippen LogP contribution is 2.10. The van der Waals surface area contributed by atoms with Crippen molar-refractivity contribution in [2.24, 2.45) is 0 Å². The van der Waals surface area contributed by atoms with E-state index in [1.807, 2.05) is 36.5 Å². The van der Waals surface area contributed by atoms with Crippen molar-refractivity contribution < 1.29 is 0 Å². The van der Waals surface area contributed by atoms with E-state index in [0.29, 0.717) is 11.7 Å². The number of rotatable bonds is 4. The fourth-order valence-electron chi connectivity index (χ4n) is 1.76. The molecule has 0 saturated heterocycles. The summed E-state index contributed by atoms with van der Waals surface area (Å²) in [6, 6.07) is 14.4. The fraction of sp³-hybridized carbons (Fsp3) is 0.200. The topological polar surface area (TPSA) is 37.0 Å². The highest BCUT2D eigenvalue weighted by molar-refractivity contribution is 7.80. The van der Waals surface area contributed by atoms with Gasteiger partial charge in [-0.25, -0.2) is 0 Å². The number of nitrogens with one attached hydrogen (secondary N) is 2. The van der Waals surface area contributed by atoms with Crippen molar-refractivity contribution in [2.45, 2.75) is 19.5 Å². The zero-order valence-corrected chi connectivity index (χ0v) is 11.7. The number of nitrogens with zero attached hydrogens (tertiary/aromatic N) is 1. The maximum Gasteiger partial charge on any atom is 0.167 e. The second-order valence-corrected chi connectivity index (χ2v) is 4.73. The van der Waals surface area contributed by atoms with E-state index in [1.165, 1.54) is 5.56 Å². The SMILES string of the molecule is CC(NC(=S)NCc1cccnc1)c1ccccc1. The Hall–Kier alpha value is -1.94. The highest BCUT2D eigenvalue weighted by atomic mass is 32.1. The molecule has 0 aliphatic carbocycles. The van der Waals surface area contributed by atoms with Gasteiger partial charge in [-0.15, -0.1) is 0 Å². The molecule has 2 aromatic rings. The van der Waals surface area contributed by atoms with Gasteiger partial charge in [0.25, 0.3) is 0 Å². The van der Waals surface area contributed by atoms with Crippen LogP contribution in [0.2, 0.25) is 0 Å². The van der Waals surface area contributed by atoms with Crippen LogP contribution in [0, 0.1) is 0 Å². The largest absolute Gasteiger partial charge is 0.359 e. The molecule has 0 saturated carbocycles. The van der Waals surface area contributed by atoms with Crippen molar-refractivity contribution in [3.8, 4) is 0 Å². The summed E-state index contributed by atoms with van der Waals surface area (Å²) in [4.78, 5) is 4.07. The van der Waals surface area contributed by atoms with Crippen molar-refractivity contribution in [1.29, 1.82) is 0 Å². The van der Waals surface area contributed by atoms with Gasteiger partial charge in [0, 0.05) is 18.9 Å². The molecule has 1 heterocycles. The van der Waals surface area contributed by atoms with Crippen molar-refractivity contribution in [1.82, 2.24) is 15.6 Å². The lowest BCUT2D eigenvalue weighted by atomic mass is 10.1. The summed E-state index contributed by atoms with van der Waals surface area (Å²) in [6.07, 6.45) is 3.59. The molecule has 4 heteroatoms. The van der Waals surface area contributed by atoms with Gasteiger partial charge in [-0.2, -0.15) is 0 Å². The highest BCUT2D eigenvalue weighted by Gasteiger charge is 2.05. The van der Waals surface area contributed by atoms with Gasteiger partial charge in [0.2, 0.25) is 0 Å². The molecule has 0 spiro atoms. The predicted molar refractivity (Wildman–Crippen MR) is 81.7 cm³/mol. The van der Waals surface area contributed by atoms with Gasteiger partial charge in [-0.1, -0.05) is 36.4 Å². The average Bonchev–Trinajstić information content (AvgIpc) is 2.47. The first kappa shape index (κ1) is 13.5. The minimum Gasteiger partial charge on any atom is -0.359 e. The number of aromatic nitrogens is 1. The molecule has 1 unspecified atom stereocenters. The monoisotopic (exact) mass is 271 g/mol. The minimum absolute atomic E-state index is 0.190. The van der Waals surface area contributed by atoms with E-state index < -0.39 is 0 Å². The van der Waals surface area contributed by atoms with Crippen LogP contribution in [-0.2, 0) is 6.54 Å². The quantitative estimate of drug-likeness (QED) is 0.839. The van der Waals surface area contributed by atoms with Crippen LogP contribution in [0.3, 0.4) is 0 Å². The molecule has 0 fully saturated rings. The standard InChI is InChI=1S/C15H17N3S/c1-12(14-7-3-2-4-8-14)18-15(19)17-11-13-6-5-9-16-10-13/h2-10,12H,11H2,1H3,(H2,17,18,19). The molecule has 0 amide bonds. The molecule has 0 aliphatic heterocycles. The molecule has 0 aliphatic rings. The molecule has 1 atom stereocenters. The van der Waals surface area contributed by atoms with Gasteiger partial charge < -0.3 is 10.6 Å². The van der Waals surface area contributed by atoms with Gasteiger partial charge in [0.15, 0.2) is 5.11 Å². The summed E-state index contributed by atoms with van der Waals surface area (Å²) < 4.78 is 0. The van der Waals surface area contributed by atoms with Gasteiger partial charge in [-0.05, 0) is 36.3 Å². The fourth-order valence-corrected chi connectivity index (χ4v) is 2.01. The van der Waals surface area contributed by atoms with Crippen molar-refractivity contribution in [2.75, 3.05) is 0 Å². The first-order valence-corrected chi connectivity index (χ1v) is 6.65. The zero-order valence-electron chi connectivity index (χ0n) is 10.8. The number of hydrogen-bond acceptors (Lipinski definition) is 2. The Balaban J connectivity index is 1.82. The lowest BCUT2D eigenvalue weighted by Crippen LogP contribution is -2.36. The first-order chi connectivity index (χ1) is 9.25. The molecule has 0 bridgehead atoms. The Bertz CT molecular complexity index is 513. The van der Waals surface area contributed by atoms with E-state index in [2.05, 4.69) is 34.7 Å². The van der Waals surface area contributed by atoms with Crippen LogP contribution >= 0.6 is 12.2 Å². The predicted octanol–water partition coefficient (Wildman–Crippen LogP) is 2.81. The van der Waals surface area contributed by atoms with Crippen LogP contribution in [0.25, 0.3) is 0 Å². The molecular formula is C15H17N3S. The van der Waals surface area contributed by atoms with Gasteiger partial charge >= 0.3 is 0 Å². The van der Waals surface area contributed by atoms with Crippen molar-refractivity contribution in [3.05, 3.63) is 66.0 Å². The van der Waals surface area contributed by atoms with E-state index in [1.54, 1.807) is 6.20 Å². The molecule has 2 rings (SSSR count). The molecule has 1 aromatic heterocycles. The lowest BCUT2D eigenvalue weighted by molar-refractivity contribution is 0.697. The van der Waals surface area contributed by atoms with Crippen LogP contribution in [0.5, 0.6) is 0 Å². The molecule has 98 valence electrons. The van der Waals surface area contributed by atoms with Crippen LogP contribution in [0.15, 0.2) is 54.9 Å². The molecule has 2 N–H and O–H groups in total. The average molecular weight is 271 g/mol. The van der Waals surface area contributed by atoms with Crippen LogP contribution in [0.1, 0.15) is 24.1 Å². The molecule has 1 aromatic carbocycles. The van der Waals surface area contributed by atoms with Gasteiger partial charge in [-0.3, -0.25) is 4.98 Å². The molecule has 0 radical (unpaired) electrons. The summed E-state index contributed by atoms with van der Waals surface area (Å²) in [5.74, 6) is 0. The summed E-state index contributed by atoms with van der Waals surface area (Å²) in [6.45, 7) is 2.77. The maximum atomic E-state index is 5.29. The molecule has 3 nitrogen and oxygen atoms in total. The first-order valence-electron chi connectivity index (χ1n) is 6.24. The Morgan fingerprint density at radius 1 is 1.21 bits per heavy atom. The normalized spacial score (nSPS) is 11.6. The lowest BCUT2D eigenvalue weighted by Gasteiger charge is -2.17. The summed E-state index contributed by atoms with van der Waals surface area (Å²) >= 11 is 5.29. The van der Waals surface area contributed by atoms with Crippen LogP contribution in [0.4, 0.5) is 0 Å². The van der Waals surface area contributed by atoms with Crippen molar-refractivity contribution >= 4 is 17.3 Å². The maximum absolute atomic E-state index is 5.29. The third-order valence-corrected chi connectivity index (χ3v) is 3.09. The van der Waals surface area contributed by atoms with Crippen molar-refractivity contribution in [3.63, 3.8) is 0 Å². The van der Waals surface area contributed by atoms with Gasteiger partial charge in [0.1, 0.15) is 0 Å². The Morgan fingerprint density at radius 3 is 2.68 bits per heavy atom. The van der Waals surface area contributed by atoms with E-state index in [0.717, 1.165) is 5.56 Å². The smallest absolute Gasteiger partial charge is 0.167 e. The Labute approximate surface area is 119 Å².